The highest BCUT2D eigenvalue weighted by Gasteiger charge is 2.05. The smallest absolute Gasteiger partial charge is 0.119 e. The van der Waals surface area contributed by atoms with Crippen molar-refractivity contribution >= 4 is 0 Å². The molecule has 0 aromatic heterocycles. The zero-order chi connectivity index (χ0) is 15.4. The van der Waals surface area contributed by atoms with Crippen LogP contribution in [-0.2, 0) is 12.8 Å². The molecule has 0 aliphatic rings. The minimum atomic E-state index is 0.277. The Morgan fingerprint density at radius 1 is 0.591 bits per heavy atom. The van der Waals surface area contributed by atoms with Gasteiger partial charge in [0.2, 0.25) is 0 Å². The first-order valence-corrected chi connectivity index (χ1v) is 7.33. The van der Waals surface area contributed by atoms with Crippen LogP contribution in [0.25, 0.3) is 0 Å². The summed E-state index contributed by atoms with van der Waals surface area (Å²) < 4.78 is 0. The second-order valence-electron chi connectivity index (χ2n) is 5.47. The molecular formula is C20H18O2. The van der Waals surface area contributed by atoms with Gasteiger partial charge in [-0.25, -0.2) is 0 Å². The Morgan fingerprint density at radius 2 is 1.23 bits per heavy atom. The molecule has 0 saturated heterocycles. The molecule has 3 aromatic carbocycles. The maximum Gasteiger partial charge on any atom is 0.119 e. The number of rotatable bonds is 4. The van der Waals surface area contributed by atoms with E-state index < -0.39 is 0 Å². The predicted octanol–water partition coefficient (Wildman–Crippen LogP) is 4.28. The van der Waals surface area contributed by atoms with Gasteiger partial charge in [0, 0.05) is 6.42 Å². The molecule has 0 unspecified atom stereocenters. The average molecular weight is 290 g/mol. The third-order valence-corrected chi connectivity index (χ3v) is 3.73. The van der Waals surface area contributed by atoms with Gasteiger partial charge in [-0.05, 0) is 46.9 Å². The highest BCUT2D eigenvalue weighted by Crippen LogP contribution is 2.23. The van der Waals surface area contributed by atoms with Gasteiger partial charge in [-0.1, -0.05) is 54.6 Å². The zero-order valence-electron chi connectivity index (χ0n) is 12.2. The topological polar surface area (TPSA) is 40.5 Å². The molecule has 0 aliphatic heterocycles. The van der Waals surface area contributed by atoms with Gasteiger partial charge in [0.15, 0.2) is 0 Å². The molecule has 0 amide bonds. The van der Waals surface area contributed by atoms with Crippen molar-refractivity contribution in [2.24, 2.45) is 0 Å². The highest BCUT2D eigenvalue weighted by atomic mass is 16.3. The Morgan fingerprint density at radius 3 is 1.95 bits per heavy atom. The van der Waals surface area contributed by atoms with Crippen molar-refractivity contribution in [3.05, 3.63) is 95.1 Å². The molecule has 0 bridgehead atoms. The van der Waals surface area contributed by atoms with Gasteiger partial charge >= 0.3 is 0 Å². The number of benzene rings is 3. The van der Waals surface area contributed by atoms with Gasteiger partial charge in [-0.3, -0.25) is 0 Å². The van der Waals surface area contributed by atoms with Gasteiger partial charge in [0.05, 0.1) is 0 Å². The molecular weight excluding hydrogens is 272 g/mol. The molecule has 2 nitrogen and oxygen atoms in total. The molecule has 2 N–H and O–H groups in total. The van der Waals surface area contributed by atoms with Crippen LogP contribution in [0.5, 0.6) is 11.5 Å². The first-order valence-electron chi connectivity index (χ1n) is 7.33. The lowest BCUT2D eigenvalue weighted by molar-refractivity contribution is 0.469. The minimum absolute atomic E-state index is 0.277. The first kappa shape index (κ1) is 14.2. The highest BCUT2D eigenvalue weighted by molar-refractivity contribution is 5.41. The van der Waals surface area contributed by atoms with Gasteiger partial charge in [0.1, 0.15) is 11.5 Å². The Kier molecular flexibility index (Phi) is 4.10. The second kappa shape index (κ2) is 6.35. The minimum Gasteiger partial charge on any atom is -0.508 e. The van der Waals surface area contributed by atoms with Gasteiger partial charge in [-0.15, -0.1) is 0 Å². The Bertz CT molecular complexity index is 746. The number of phenolic OH excluding ortho intramolecular Hbond substituents is 2. The summed E-state index contributed by atoms with van der Waals surface area (Å²) in [4.78, 5) is 0. The molecule has 22 heavy (non-hydrogen) atoms. The van der Waals surface area contributed by atoms with Crippen LogP contribution in [-0.4, -0.2) is 10.2 Å². The number of hydrogen-bond donors (Lipinski definition) is 2. The van der Waals surface area contributed by atoms with E-state index in [4.69, 9.17) is 0 Å². The fourth-order valence-electron chi connectivity index (χ4n) is 2.56. The van der Waals surface area contributed by atoms with Crippen LogP contribution in [0.15, 0.2) is 72.8 Å². The fourth-order valence-corrected chi connectivity index (χ4v) is 2.56. The Balaban J connectivity index is 1.81. The molecule has 3 aromatic rings. The molecule has 0 spiro atoms. The maximum absolute atomic E-state index is 10.1. The molecule has 0 atom stereocenters. The summed E-state index contributed by atoms with van der Waals surface area (Å²) in [5.74, 6) is 0.609. The average Bonchev–Trinajstić information content (AvgIpc) is 2.54. The third-order valence-electron chi connectivity index (χ3n) is 3.73. The number of aromatic hydroxyl groups is 2. The molecule has 2 heteroatoms. The maximum atomic E-state index is 10.1. The van der Waals surface area contributed by atoms with E-state index in [2.05, 4.69) is 18.2 Å². The van der Waals surface area contributed by atoms with Crippen LogP contribution >= 0.6 is 0 Å². The van der Waals surface area contributed by atoms with Crippen molar-refractivity contribution in [2.45, 2.75) is 12.8 Å². The van der Waals surface area contributed by atoms with Crippen molar-refractivity contribution in [1.82, 2.24) is 0 Å². The third kappa shape index (κ3) is 3.47. The van der Waals surface area contributed by atoms with E-state index in [1.807, 2.05) is 36.4 Å². The summed E-state index contributed by atoms with van der Waals surface area (Å²) in [7, 11) is 0. The largest absolute Gasteiger partial charge is 0.508 e. The van der Waals surface area contributed by atoms with Crippen molar-refractivity contribution < 1.29 is 10.2 Å². The van der Waals surface area contributed by atoms with E-state index in [1.165, 1.54) is 5.56 Å². The van der Waals surface area contributed by atoms with Crippen LogP contribution < -0.4 is 0 Å². The summed E-state index contributed by atoms with van der Waals surface area (Å²) in [5, 5.41) is 19.4. The molecule has 0 saturated carbocycles. The van der Waals surface area contributed by atoms with E-state index in [0.29, 0.717) is 5.75 Å². The van der Waals surface area contributed by atoms with Crippen molar-refractivity contribution in [3.8, 4) is 11.5 Å². The summed E-state index contributed by atoms with van der Waals surface area (Å²) in [6.07, 6.45) is 1.50. The normalized spacial score (nSPS) is 10.5. The molecule has 0 radical (unpaired) electrons. The monoisotopic (exact) mass is 290 g/mol. The lowest BCUT2D eigenvalue weighted by Crippen LogP contribution is -1.93. The van der Waals surface area contributed by atoms with Gasteiger partial charge < -0.3 is 10.2 Å². The number of hydrogen-bond acceptors (Lipinski definition) is 2. The van der Waals surface area contributed by atoms with Gasteiger partial charge in [0.25, 0.3) is 0 Å². The van der Waals surface area contributed by atoms with Gasteiger partial charge in [-0.2, -0.15) is 0 Å². The lowest BCUT2D eigenvalue weighted by Gasteiger charge is -2.09. The zero-order valence-corrected chi connectivity index (χ0v) is 12.2. The van der Waals surface area contributed by atoms with E-state index in [0.717, 1.165) is 29.5 Å². The Hall–Kier alpha value is -2.74. The standard InChI is InChI=1S/C20H18O2/c21-19-9-6-16(7-10-19)12-17-8-11-20(22)18(14-17)13-15-4-2-1-3-5-15/h1-11,14,21-22H,12-13H2. The Labute approximate surface area is 130 Å². The van der Waals surface area contributed by atoms with Crippen LogP contribution in [0.2, 0.25) is 0 Å². The summed E-state index contributed by atoms with van der Waals surface area (Å²) >= 11 is 0. The summed E-state index contributed by atoms with van der Waals surface area (Å²) in [5.41, 5.74) is 4.39. The lowest BCUT2D eigenvalue weighted by atomic mass is 9.98. The summed E-state index contributed by atoms with van der Waals surface area (Å²) in [6.45, 7) is 0. The predicted molar refractivity (Wildman–Crippen MR) is 88.3 cm³/mol. The van der Waals surface area contributed by atoms with Crippen LogP contribution in [0, 0.1) is 0 Å². The second-order valence-corrected chi connectivity index (χ2v) is 5.47. The molecule has 0 fully saturated rings. The molecule has 3 rings (SSSR count). The van der Waals surface area contributed by atoms with Crippen molar-refractivity contribution in [2.75, 3.05) is 0 Å². The van der Waals surface area contributed by atoms with Crippen molar-refractivity contribution in [3.63, 3.8) is 0 Å². The fraction of sp³-hybridized carbons (Fsp3) is 0.100. The van der Waals surface area contributed by atoms with E-state index >= 15 is 0 Å². The SMILES string of the molecule is Oc1ccc(Cc2ccc(O)c(Cc3ccccc3)c2)cc1. The van der Waals surface area contributed by atoms with Crippen LogP contribution in [0.1, 0.15) is 22.3 Å². The van der Waals surface area contributed by atoms with Crippen LogP contribution in [0.4, 0.5) is 0 Å². The van der Waals surface area contributed by atoms with Crippen molar-refractivity contribution in [1.29, 1.82) is 0 Å². The van der Waals surface area contributed by atoms with Crippen LogP contribution in [0.3, 0.4) is 0 Å². The van der Waals surface area contributed by atoms with E-state index in [-0.39, 0.29) is 5.75 Å². The quantitative estimate of drug-likeness (QED) is 0.753. The molecule has 110 valence electrons. The first-order chi connectivity index (χ1) is 10.7. The van der Waals surface area contributed by atoms with E-state index in [9.17, 15) is 10.2 Å². The molecule has 0 heterocycles. The van der Waals surface area contributed by atoms with E-state index in [1.54, 1.807) is 18.2 Å². The molecule has 0 aliphatic carbocycles. The number of phenols is 2. The summed E-state index contributed by atoms with van der Waals surface area (Å²) in [6, 6.07) is 23.1.